The summed E-state index contributed by atoms with van der Waals surface area (Å²) < 4.78 is 6.94. The first kappa shape index (κ1) is 12.7. The molecule has 20 heavy (non-hydrogen) atoms. The van der Waals surface area contributed by atoms with E-state index >= 15 is 0 Å². The maximum Gasteiger partial charge on any atom is 0.359 e. The summed E-state index contributed by atoms with van der Waals surface area (Å²) in [6.07, 6.45) is 7.16. The Morgan fingerprint density at radius 1 is 1.45 bits per heavy atom. The number of carbonyl (C=O) groups excluding carboxylic acids is 1. The second-order valence-corrected chi connectivity index (χ2v) is 4.97. The van der Waals surface area contributed by atoms with E-state index in [-0.39, 0.29) is 5.97 Å². The molecule has 1 fully saturated rings. The average Bonchev–Trinajstić information content (AvgIpc) is 3.18. The molecule has 0 radical (unpaired) electrons. The molecule has 2 aromatic rings. The fourth-order valence-corrected chi connectivity index (χ4v) is 2.30. The van der Waals surface area contributed by atoms with E-state index in [1.165, 1.54) is 19.1 Å². The van der Waals surface area contributed by atoms with Gasteiger partial charge in [0.25, 0.3) is 0 Å². The number of nitrogens with zero attached hydrogens (tertiary/aromatic N) is 2. The molecule has 102 valence electrons. The largest absolute Gasteiger partial charge is 0.430 e. The molecule has 1 aliphatic carbocycles. The van der Waals surface area contributed by atoms with Gasteiger partial charge in [-0.05, 0) is 43.0 Å². The van der Waals surface area contributed by atoms with Crippen LogP contribution in [0.1, 0.15) is 23.3 Å². The van der Waals surface area contributed by atoms with Gasteiger partial charge in [-0.15, -0.1) is 0 Å². The lowest BCUT2D eigenvalue weighted by Gasteiger charge is -2.12. The van der Waals surface area contributed by atoms with Crippen molar-refractivity contribution in [2.75, 3.05) is 0 Å². The topological polar surface area (TPSA) is 44.1 Å². The molecular weight excluding hydrogens is 252 g/mol. The molecule has 0 bridgehead atoms. The molecule has 0 aliphatic heterocycles. The van der Waals surface area contributed by atoms with Crippen LogP contribution in [0.2, 0.25) is 0 Å². The summed E-state index contributed by atoms with van der Waals surface area (Å²) in [6.45, 7) is 4.28. The van der Waals surface area contributed by atoms with Crippen molar-refractivity contribution in [3.8, 4) is 11.3 Å². The van der Waals surface area contributed by atoms with E-state index in [0.717, 1.165) is 17.8 Å². The van der Waals surface area contributed by atoms with Gasteiger partial charge in [-0.2, -0.15) is 0 Å². The second kappa shape index (κ2) is 5.33. The van der Waals surface area contributed by atoms with Gasteiger partial charge in [0.1, 0.15) is 5.69 Å². The quantitative estimate of drug-likeness (QED) is 0.617. The smallest absolute Gasteiger partial charge is 0.359 e. The fraction of sp³-hybridized carbons (Fsp3) is 0.250. The van der Waals surface area contributed by atoms with E-state index in [0.29, 0.717) is 11.6 Å². The Balaban J connectivity index is 2.01. The van der Waals surface area contributed by atoms with Gasteiger partial charge in [0.05, 0.1) is 12.0 Å². The Morgan fingerprint density at radius 2 is 2.30 bits per heavy atom. The lowest BCUT2D eigenvalue weighted by Crippen LogP contribution is -2.12. The standard InChI is InChI=1S/C16H16N2O2/c1-2-20-16(19)15-8-7-14(13-4-3-9-17-10-13)18(15)11-12-5-6-12/h2-4,7-10,12H,1,5-6,11H2. The molecule has 0 unspecified atom stereocenters. The number of pyridine rings is 1. The van der Waals surface area contributed by atoms with Crippen LogP contribution in [0, 0.1) is 5.92 Å². The summed E-state index contributed by atoms with van der Waals surface area (Å²) in [5, 5.41) is 0. The van der Waals surface area contributed by atoms with E-state index in [1.807, 2.05) is 22.8 Å². The van der Waals surface area contributed by atoms with Crippen molar-refractivity contribution in [2.24, 2.45) is 5.92 Å². The SMILES string of the molecule is C=COC(=O)c1ccc(-c2cccnc2)n1CC1CC1. The zero-order valence-corrected chi connectivity index (χ0v) is 11.2. The minimum absolute atomic E-state index is 0.365. The monoisotopic (exact) mass is 268 g/mol. The van der Waals surface area contributed by atoms with Crippen LogP contribution in [0.3, 0.4) is 0 Å². The van der Waals surface area contributed by atoms with Crippen LogP contribution in [0.4, 0.5) is 0 Å². The third kappa shape index (κ3) is 2.50. The van der Waals surface area contributed by atoms with E-state index < -0.39 is 0 Å². The molecule has 0 N–H and O–H groups in total. The predicted molar refractivity (Wildman–Crippen MR) is 76.0 cm³/mol. The average molecular weight is 268 g/mol. The Labute approximate surface area is 117 Å². The molecule has 4 heteroatoms. The zero-order chi connectivity index (χ0) is 13.9. The molecule has 1 aliphatic rings. The molecule has 1 saturated carbocycles. The maximum absolute atomic E-state index is 12.0. The van der Waals surface area contributed by atoms with Crippen molar-refractivity contribution in [2.45, 2.75) is 19.4 Å². The summed E-state index contributed by atoms with van der Waals surface area (Å²) in [4.78, 5) is 16.1. The van der Waals surface area contributed by atoms with E-state index in [1.54, 1.807) is 18.5 Å². The van der Waals surface area contributed by atoms with Crippen molar-refractivity contribution in [3.05, 3.63) is 55.2 Å². The van der Waals surface area contributed by atoms with Gasteiger partial charge in [-0.1, -0.05) is 6.58 Å². The van der Waals surface area contributed by atoms with Gasteiger partial charge in [0.2, 0.25) is 0 Å². The Bertz CT molecular complexity index is 627. The summed E-state index contributed by atoms with van der Waals surface area (Å²) in [6, 6.07) is 7.63. The number of hydrogen-bond donors (Lipinski definition) is 0. The normalized spacial score (nSPS) is 14.0. The molecule has 0 spiro atoms. The highest BCUT2D eigenvalue weighted by Crippen LogP contribution is 2.33. The summed E-state index contributed by atoms with van der Waals surface area (Å²) in [5.41, 5.74) is 2.57. The highest BCUT2D eigenvalue weighted by molar-refractivity contribution is 5.89. The molecule has 0 atom stereocenters. The lowest BCUT2D eigenvalue weighted by atomic mass is 10.2. The van der Waals surface area contributed by atoms with Crippen molar-refractivity contribution < 1.29 is 9.53 Å². The van der Waals surface area contributed by atoms with Crippen LogP contribution in [0.25, 0.3) is 11.3 Å². The van der Waals surface area contributed by atoms with Crippen LogP contribution in [-0.4, -0.2) is 15.5 Å². The second-order valence-electron chi connectivity index (χ2n) is 4.97. The molecular formula is C16H16N2O2. The Morgan fingerprint density at radius 3 is 2.95 bits per heavy atom. The van der Waals surface area contributed by atoms with E-state index in [2.05, 4.69) is 11.6 Å². The van der Waals surface area contributed by atoms with Crippen molar-refractivity contribution in [1.29, 1.82) is 0 Å². The fourth-order valence-electron chi connectivity index (χ4n) is 2.30. The summed E-state index contributed by atoms with van der Waals surface area (Å²) in [5.74, 6) is 0.295. The summed E-state index contributed by atoms with van der Waals surface area (Å²) in [7, 11) is 0. The zero-order valence-electron chi connectivity index (χ0n) is 11.2. The molecule has 4 nitrogen and oxygen atoms in total. The maximum atomic E-state index is 12.0. The van der Waals surface area contributed by atoms with Crippen LogP contribution in [0.5, 0.6) is 0 Å². The highest BCUT2D eigenvalue weighted by Gasteiger charge is 2.26. The van der Waals surface area contributed by atoms with Crippen molar-refractivity contribution in [1.82, 2.24) is 9.55 Å². The first-order valence-corrected chi connectivity index (χ1v) is 6.71. The molecule has 2 aromatic heterocycles. The van der Waals surface area contributed by atoms with Crippen LogP contribution < -0.4 is 0 Å². The first-order valence-electron chi connectivity index (χ1n) is 6.71. The number of hydrogen-bond acceptors (Lipinski definition) is 3. The van der Waals surface area contributed by atoms with Gasteiger partial charge >= 0.3 is 5.97 Å². The Hall–Kier alpha value is -2.36. The lowest BCUT2D eigenvalue weighted by molar-refractivity contribution is 0.0652. The molecule has 3 rings (SSSR count). The van der Waals surface area contributed by atoms with Gasteiger partial charge in [0, 0.05) is 24.5 Å². The number of esters is 1. The summed E-state index contributed by atoms with van der Waals surface area (Å²) >= 11 is 0. The van der Waals surface area contributed by atoms with Gasteiger partial charge in [0.15, 0.2) is 0 Å². The number of ether oxygens (including phenoxy) is 1. The third-order valence-electron chi connectivity index (χ3n) is 3.48. The molecule has 0 aromatic carbocycles. The van der Waals surface area contributed by atoms with Gasteiger partial charge in [-0.3, -0.25) is 4.98 Å². The molecule has 2 heterocycles. The Kier molecular flexibility index (Phi) is 3.37. The van der Waals surface area contributed by atoms with Crippen LogP contribution >= 0.6 is 0 Å². The predicted octanol–water partition coefficient (Wildman–Crippen LogP) is 3.26. The van der Waals surface area contributed by atoms with Crippen molar-refractivity contribution in [3.63, 3.8) is 0 Å². The van der Waals surface area contributed by atoms with E-state index in [4.69, 9.17) is 4.74 Å². The van der Waals surface area contributed by atoms with Crippen LogP contribution in [-0.2, 0) is 11.3 Å². The molecule has 0 amide bonds. The third-order valence-corrected chi connectivity index (χ3v) is 3.48. The number of rotatable bonds is 5. The minimum Gasteiger partial charge on any atom is -0.430 e. The van der Waals surface area contributed by atoms with Crippen molar-refractivity contribution >= 4 is 5.97 Å². The molecule has 0 saturated heterocycles. The minimum atomic E-state index is -0.365. The van der Waals surface area contributed by atoms with Crippen LogP contribution in [0.15, 0.2) is 49.5 Å². The highest BCUT2D eigenvalue weighted by atomic mass is 16.5. The number of carbonyl (C=O) groups is 1. The van der Waals surface area contributed by atoms with Gasteiger partial charge in [-0.25, -0.2) is 4.79 Å². The van der Waals surface area contributed by atoms with Gasteiger partial charge < -0.3 is 9.30 Å². The number of aromatic nitrogens is 2. The van der Waals surface area contributed by atoms with E-state index in [9.17, 15) is 4.79 Å². The first-order chi connectivity index (χ1) is 9.79.